The van der Waals surface area contributed by atoms with E-state index in [1.807, 2.05) is 42.6 Å². The molecule has 1 fully saturated rings. The Labute approximate surface area is 270 Å². The van der Waals surface area contributed by atoms with Gasteiger partial charge in [0.25, 0.3) is 0 Å². The van der Waals surface area contributed by atoms with E-state index in [0.717, 1.165) is 53.2 Å². The third-order valence-corrected chi connectivity index (χ3v) is 9.11. The SMILES string of the molecule is COc1c(NC(C)=O)cc(C(C)(C)C)cc1NC(=O)N[C@H]1CC[C@@H](Oc2ccc3nnc(C4CCCCC4)n3c2)c2ccccc21. The van der Waals surface area contributed by atoms with E-state index in [9.17, 15) is 9.59 Å². The minimum atomic E-state index is -0.356. The summed E-state index contributed by atoms with van der Waals surface area (Å²) < 4.78 is 14.4. The first-order chi connectivity index (χ1) is 22.1. The molecule has 4 aromatic rings. The Hall–Kier alpha value is -4.60. The summed E-state index contributed by atoms with van der Waals surface area (Å²) in [5.74, 6) is 2.40. The lowest BCUT2D eigenvalue weighted by Crippen LogP contribution is -2.35. The van der Waals surface area contributed by atoms with Crippen LogP contribution in [0.15, 0.2) is 54.7 Å². The molecule has 46 heavy (non-hydrogen) atoms. The first-order valence-electron chi connectivity index (χ1n) is 16.3. The quantitative estimate of drug-likeness (QED) is 0.193. The summed E-state index contributed by atoms with van der Waals surface area (Å²) in [6.07, 6.45) is 9.35. The molecule has 2 atom stereocenters. The topological polar surface area (TPSA) is 119 Å². The van der Waals surface area contributed by atoms with Crippen LogP contribution in [-0.4, -0.2) is 33.6 Å². The third kappa shape index (κ3) is 6.66. The van der Waals surface area contributed by atoms with Crippen molar-refractivity contribution in [2.75, 3.05) is 17.7 Å². The minimum Gasteiger partial charge on any atom is -0.492 e. The number of ether oxygens (including phenoxy) is 2. The van der Waals surface area contributed by atoms with Crippen molar-refractivity contribution in [1.29, 1.82) is 0 Å². The van der Waals surface area contributed by atoms with E-state index in [0.29, 0.717) is 29.5 Å². The third-order valence-electron chi connectivity index (χ3n) is 9.11. The fourth-order valence-electron chi connectivity index (χ4n) is 6.76. The van der Waals surface area contributed by atoms with E-state index in [-0.39, 0.29) is 29.5 Å². The van der Waals surface area contributed by atoms with Crippen LogP contribution in [0, 0.1) is 0 Å². The van der Waals surface area contributed by atoms with Crippen molar-refractivity contribution in [3.05, 3.63) is 77.2 Å². The molecule has 1 saturated carbocycles. The van der Waals surface area contributed by atoms with Gasteiger partial charge in [-0.3, -0.25) is 9.20 Å². The number of methoxy groups -OCH3 is 1. The number of hydrogen-bond donors (Lipinski definition) is 3. The number of carbonyl (C=O) groups excluding carboxylic acids is 2. The zero-order valence-electron chi connectivity index (χ0n) is 27.4. The molecular formula is C36H44N6O4. The highest BCUT2D eigenvalue weighted by atomic mass is 16.5. The number of aromatic nitrogens is 3. The first-order valence-corrected chi connectivity index (χ1v) is 16.3. The van der Waals surface area contributed by atoms with Crippen molar-refractivity contribution in [2.45, 2.75) is 96.1 Å². The highest BCUT2D eigenvalue weighted by Crippen LogP contribution is 2.41. The summed E-state index contributed by atoms with van der Waals surface area (Å²) in [7, 11) is 1.52. The molecule has 0 spiro atoms. The Morgan fingerprint density at radius 2 is 1.61 bits per heavy atom. The number of urea groups is 1. The summed E-state index contributed by atoms with van der Waals surface area (Å²) >= 11 is 0. The Kier molecular flexibility index (Phi) is 8.88. The number of benzene rings is 2. The number of amides is 3. The predicted molar refractivity (Wildman–Crippen MR) is 179 cm³/mol. The summed E-state index contributed by atoms with van der Waals surface area (Å²) in [5.41, 5.74) is 4.63. The van der Waals surface area contributed by atoms with Gasteiger partial charge < -0.3 is 25.4 Å². The Morgan fingerprint density at radius 3 is 2.30 bits per heavy atom. The van der Waals surface area contributed by atoms with Gasteiger partial charge in [0.05, 0.1) is 30.7 Å². The van der Waals surface area contributed by atoms with Gasteiger partial charge in [-0.15, -0.1) is 10.2 Å². The average molecular weight is 625 g/mol. The number of nitrogens with zero attached hydrogens (tertiary/aromatic N) is 3. The fraction of sp³-hybridized carbons (Fsp3) is 0.444. The summed E-state index contributed by atoms with van der Waals surface area (Å²) in [4.78, 5) is 25.4. The van der Waals surface area contributed by atoms with E-state index in [1.165, 1.54) is 33.3 Å². The molecule has 10 heteroatoms. The predicted octanol–water partition coefficient (Wildman–Crippen LogP) is 7.82. The van der Waals surface area contributed by atoms with E-state index >= 15 is 0 Å². The number of rotatable bonds is 7. The second-order valence-electron chi connectivity index (χ2n) is 13.5. The maximum Gasteiger partial charge on any atom is 0.319 e. The molecule has 2 aliphatic rings. The summed E-state index contributed by atoms with van der Waals surface area (Å²) in [6, 6.07) is 15.3. The lowest BCUT2D eigenvalue weighted by Gasteiger charge is -2.32. The zero-order valence-corrected chi connectivity index (χ0v) is 27.4. The van der Waals surface area contributed by atoms with Crippen LogP contribution in [0.5, 0.6) is 11.5 Å². The largest absolute Gasteiger partial charge is 0.492 e. The average Bonchev–Trinajstić information content (AvgIpc) is 3.45. The molecule has 0 bridgehead atoms. The second kappa shape index (κ2) is 13.0. The van der Waals surface area contributed by atoms with E-state index in [1.54, 1.807) is 0 Å². The van der Waals surface area contributed by atoms with E-state index in [2.05, 4.69) is 63.5 Å². The van der Waals surface area contributed by atoms with Gasteiger partial charge in [0.1, 0.15) is 17.7 Å². The van der Waals surface area contributed by atoms with Crippen LogP contribution >= 0.6 is 0 Å². The summed E-state index contributed by atoms with van der Waals surface area (Å²) in [5, 5.41) is 18.0. The molecule has 2 aromatic heterocycles. The lowest BCUT2D eigenvalue weighted by molar-refractivity contribution is -0.114. The maximum atomic E-state index is 13.5. The van der Waals surface area contributed by atoms with Crippen LogP contribution in [0.4, 0.5) is 16.2 Å². The maximum absolute atomic E-state index is 13.5. The molecule has 10 nitrogen and oxygen atoms in total. The number of hydrogen-bond acceptors (Lipinski definition) is 6. The molecule has 2 aliphatic carbocycles. The van der Waals surface area contributed by atoms with Gasteiger partial charge in [-0.2, -0.15) is 0 Å². The number of pyridine rings is 1. The molecular weight excluding hydrogens is 580 g/mol. The Morgan fingerprint density at radius 1 is 0.891 bits per heavy atom. The molecule has 0 aliphatic heterocycles. The smallest absolute Gasteiger partial charge is 0.319 e. The van der Waals surface area contributed by atoms with Gasteiger partial charge in [-0.05, 0) is 72.1 Å². The number of carbonyl (C=O) groups is 2. The van der Waals surface area contributed by atoms with Crippen molar-refractivity contribution in [1.82, 2.24) is 19.9 Å². The fourth-order valence-corrected chi connectivity index (χ4v) is 6.76. The molecule has 242 valence electrons. The highest BCUT2D eigenvalue weighted by molar-refractivity contribution is 5.97. The molecule has 3 amide bonds. The Bertz CT molecular complexity index is 1740. The number of fused-ring (bicyclic) bond motifs is 2. The van der Waals surface area contributed by atoms with Crippen LogP contribution in [0.2, 0.25) is 0 Å². The number of anilines is 2. The van der Waals surface area contributed by atoms with Crippen molar-refractivity contribution >= 4 is 29.0 Å². The van der Waals surface area contributed by atoms with Gasteiger partial charge in [0, 0.05) is 12.8 Å². The van der Waals surface area contributed by atoms with Crippen LogP contribution in [0.1, 0.15) is 113 Å². The second-order valence-corrected chi connectivity index (χ2v) is 13.5. The minimum absolute atomic E-state index is 0.159. The van der Waals surface area contributed by atoms with Crippen LogP contribution in [0.25, 0.3) is 5.65 Å². The molecule has 2 aromatic carbocycles. The lowest BCUT2D eigenvalue weighted by atomic mass is 9.85. The van der Waals surface area contributed by atoms with Gasteiger partial charge in [-0.25, -0.2) is 4.79 Å². The normalized spacial score (nSPS) is 18.5. The molecule has 3 N–H and O–H groups in total. The monoisotopic (exact) mass is 624 g/mol. The zero-order chi connectivity index (χ0) is 32.4. The van der Waals surface area contributed by atoms with Gasteiger partial charge in [0.2, 0.25) is 5.91 Å². The van der Waals surface area contributed by atoms with Gasteiger partial charge in [-0.1, -0.05) is 64.3 Å². The van der Waals surface area contributed by atoms with Gasteiger partial charge >= 0.3 is 6.03 Å². The molecule has 0 saturated heterocycles. The highest BCUT2D eigenvalue weighted by Gasteiger charge is 2.30. The standard InChI is InChI=1S/C36H44N6O4/c1-22(43)37-29-19-24(36(2,3)4)20-30(33(29)45-5)39-35(44)38-28-16-17-31(27-14-10-9-13-26(27)28)46-25-15-18-32-40-41-34(42(32)21-25)23-11-7-6-8-12-23/h9-10,13-15,18-21,23,28,31H,6-8,11-12,16-17H2,1-5H3,(H,37,43)(H2,38,39,44)/t28-,31+/m0/s1. The van der Waals surface area contributed by atoms with Crippen molar-refractivity contribution in [2.24, 2.45) is 0 Å². The molecule has 2 heterocycles. The molecule has 0 unspecified atom stereocenters. The summed E-state index contributed by atoms with van der Waals surface area (Å²) in [6.45, 7) is 7.68. The number of nitrogens with one attached hydrogen (secondary N) is 3. The van der Waals surface area contributed by atoms with Crippen molar-refractivity contribution in [3.63, 3.8) is 0 Å². The van der Waals surface area contributed by atoms with E-state index in [4.69, 9.17) is 9.47 Å². The molecule has 6 rings (SSSR count). The van der Waals surface area contributed by atoms with Crippen molar-refractivity contribution < 1.29 is 19.1 Å². The van der Waals surface area contributed by atoms with Crippen LogP contribution in [-0.2, 0) is 10.2 Å². The van der Waals surface area contributed by atoms with Crippen molar-refractivity contribution in [3.8, 4) is 11.5 Å². The first kappa shape index (κ1) is 31.4. The van der Waals surface area contributed by atoms with Crippen LogP contribution in [0.3, 0.4) is 0 Å². The van der Waals surface area contributed by atoms with Gasteiger partial charge in [0.15, 0.2) is 11.4 Å². The van der Waals surface area contributed by atoms with Crippen LogP contribution < -0.4 is 25.4 Å². The molecule has 0 radical (unpaired) electrons. The Balaban J connectivity index is 1.20. The van der Waals surface area contributed by atoms with E-state index < -0.39 is 0 Å².